The van der Waals surface area contributed by atoms with Gasteiger partial charge in [0.25, 0.3) is 11.7 Å². The number of methoxy groups -OCH3 is 1. The molecule has 0 aliphatic carbocycles. The molecule has 3 heterocycles. The van der Waals surface area contributed by atoms with Crippen LogP contribution in [0.2, 0.25) is 0 Å². The van der Waals surface area contributed by atoms with Crippen LogP contribution >= 0.6 is 11.3 Å². The number of likely N-dealkylation sites (N-methyl/N-ethyl adjacent to an activating group) is 1. The van der Waals surface area contributed by atoms with E-state index in [-0.39, 0.29) is 11.3 Å². The number of aliphatic hydroxyl groups excluding tert-OH is 1. The molecule has 8 heteroatoms. The molecule has 2 aliphatic rings. The first-order chi connectivity index (χ1) is 16.0. The van der Waals surface area contributed by atoms with Gasteiger partial charge in [-0.25, -0.2) is 0 Å². The lowest BCUT2D eigenvalue weighted by Gasteiger charge is -2.28. The van der Waals surface area contributed by atoms with Gasteiger partial charge in [0.05, 0.1) is 24.9 Å². The third kappa shape index (κ3) is 3.52. The number of benzene rings is 2. The van der Waals surface area contributed by atoms with Crippen molar-refractivity contribution >= 4 is 40.2 Å². The smallest absolute Gasteiger partial charge is 0.300 e. The molecule has 5 rings (SSSR count). The number of nitrogens with zero attached hydrogens (tertiary/aromatic N) is 2. The molecule has 3 aromatic rings. The second-order valence-corrected chi connectivity index (χ2v) is 8.82. The molecule has 0 bridgehead atoms. The lowest BCUT2D eigenvalue weighted by Crippen LogP contribution is -2.29. The highest BCUT2D eigenvalue weighted by Gasteiger charge is 2.47. The van der Waals surface area contributed by atoms with Gasteiger partial charge in [-0.15, -0.1) is 11.3 Å². The molecule has 2 aliphatic heterocycles. The van der Waals surface area contributed by atoms with E-state index < -0.39 is 17.7 Å². The predicted molar refractivity (Wildman–Crippen MR) is 127 cm³/mol. The standard InChI is InChI=1S/C25H22N2O5S/c1-26-10-11-32-19-9-8-15(13-18(19)26)23(28)21-22(20-7-4-12-33-20)27(25(30)24(21)29)16-5-3-6-17(14-16)31-2/h3-9,12-14,22,28H,10-11H2,1-2H3/b23-21-. The maximum atomic E-state index is 13.2. The van der Waals surface area contributed by atoms with Crippen LogP contribution in [0, 0.1) is 0 Å². The summed E-state index contributed by atoms with van der Waals surface area (Å²) in [5.74, 6) is -0.347. The van der Waals surface area contributed by atoms with Gasteiger partial charge in [-0.3, -0.25) is 14.5 Å². The van der Waals surface area contributed by atoms with Crippen LogP contribution < -0.4 is 19.3 Å². The van der Waals surface area contributed by atoms with Gasteiger partial charge in [-0.1, -0.05) is 12.1 Å². The number of rotatable bonds is 4. The Balaban J connectivity index is 1.67. The molecule has 7 nitrogen and oxygen atoms in total. The molecule has 1 fully saturated rings. The van der Waals surface area contributed by atoms with Crippen LogP contribution in [0.1, 0.15) is 16.5 Å². The van der Waals surface area contributed by atoms with E-state index in [0.29, 0.717) is 35.9 Å². The van der Waals surface area contributed by atoms with Gasteiger partial charge in [0.15, 0.2) is 0 Å². The molecule has 1 unspecified atom stereocenters. The number of Topliss-reactive ketones (excluding diaryl/α,β-unsaturated/α-hetero) is 1. The zero-order chi connectivity index (χ0) is 23.1. The quantitative estimate of drug-likeness (QED) is 0.356. The van der Waals surface area contributed by atoms with Crippen LogP contribution in [0.15, 0.2) is 65.6 Å². The summed E-state index contributed by atoms with van der Waals surface area (Å²) >= 11 is 1.42. The highest BCUT2D eigenvalue weighted by Crippen LogP contribution is 2.44. The summed E-state index contributed by atoms with van der Waals surface area (Å²) in [5.41, 5.74) is 1.85. The van der Waals surface area contributed by atoms with Crippen LogP contribution in [0.25, 0.3) is 5.76 Å². The monoisotopic (exact) mass is 462 g/mol. The number of carbonyl (C=O) groups excluding carboxylic acids is 2. The van der Waals surface area contributed by atoms with Gasteiger partial charge in [-0.2, -0.15) is 0 Å². The van der Waals surface area contributed by atoms with Crippen molar-refractivity contribution in [1.29, 1.82) is 0 Å². The number of ketones is 1. The Bertz CT molecular complexity index is 1270. The minimum absolute atomic E-state index is 0.0598. The summed E-state index contributed by atoms with van der Waals surface area (Å²) in [4.78, 5) is 30.7. The van der Waals surface area contributed by atoms with Gasteiger partial charge >= 0.3 is 0 Å². The van der Waals surface area contributed by atoms with E-state index in [2.05, 4.69) is 0 Å². The van der Waals surface area contributed by atoms with Gasteiger partial charge < -0.3 is 19.5 Å². The molecule has 0 radical (unpaired) electrons. The molecular formula is C25H22N2O5S. The summed E-state index contributed by atoms with van der Waals surface area (Å²) in [6.07, 6.45) is 0. The van der Waals surface area contributed by atoms with Gasteiger partial charge in [-0.05, 0) is 41.8 Å². The molecule has 1 aromatic heterocycles. The van der Waals surface area contributed by atoms with E-state index in [9.17, 15) is 14.7 Å². The van der Waals surface area contributed by atoms with Crippen molar-refractivity contribution < 1.29 is 24.2 Å². The summed E-state index contributed by atoms with van der Waals surface area (Å²) < 4.78 is 11.0. The molecule has 168 valence electrons. The number of hydrogen-bond acceptors (Lipinski definition) is 7. The fourth-order valence-corrected chi connectivity index (χ4v) is 5.05. The van der Waals surface area contributed by atoms with Crippen LogP contribution in [-0.2, 0) is 9.59 Å². The second-order valence-electron chi connectivity index (χ2n) is 7.84. The van der Waals surface area contributed by atoms with Crippen molar-refractivity contribution in [1.82, 2.24) is 0 Å². The maximum absolute atomic E-state index is 13.2. The number of fused-ring (bicyclic) bond motifs is 1. The summed E-state index contributed by atoms with van der Waals surface area (Å²) in [7, 11) is 3.49. The summed E-state index contributed by atoms with van der Waals surface area (Å²) in [6.45, 7) is 1.30. The van der Waals surface area contributed by atoms with Crippen molar-refractivity contribution in [3.05, 3.63) is 76.0 Å². The first kappa shape index (κ1) is 21.1. The molecule has 1 atom stereocenters. The Kier molecular flexibility index (Phi) is 5.30. The van der Waals surface area contributed by atoms with Crippen LogP contribution in [-0.4, -0.2) is 44.1 Å². The average molecular weight is 463 g/mol. The predicted octanol–water partition coefficient (Wildman–Crippen LogP) is 4.21. The number of hydrogen-bond donors (Lipinski definition) is 1. The first-order valence-corrected chi connectivity index (χ1v) is 11.3. The Morgan fingerprint density at radius 1 is 1.15 bits per heavy atom. The molecule has 2 aromatic carbocycles. The number of amides is 1. The van der Waals surface area contributed by atoms with Crippen molar-refractivity contribution in [2.45, 2.75) is 6.04 Å². The largest absolute Gasteiger partial charge is 0.507 e. The van der Waals surface area contributed by atoms with E-state index >= 15 is 0 Å². The number of aliphatic hydroxyl groups is 1. The fourth-order valence-electron chi connectivity index (χ4n) is 4.23. The number of thiophene rings is 1. The van der Waals surface area contributed by atoms with Crippen molar-refractivity contribution in [3.8, 4) is 11.5 Å². The van der Waals surface area contributed by atoms with Crippen molar-refractivity contribution in [2.75, 3.05) is 37.1 Å². The maximum Gasteiger partial charge on any atom is 0.300 e. The van der Waals surface area contributed by atoms with Crippen LogP contribution in [0.4, 0.5) is 11.4 Å². The molecular weight excluding hydrogens is 440 g/mol. The number of anilines is 2. The lowest BCUT2D eigenvalue weighted by atomic mass is 9.99. The molecule has 0 saturated carbocycles. The highest BCUT2D eigenvalue weighted by atomic mass is 32.1. The van der Waals surface area contributed by atoms with E-state index in [4.69, 9.17) is 9.47 Å². The van der Waals surface area contributed by atoms with Crippen molar-refractivity contribution in [2.24, 2.45) is 0 Å². The highest BCUT2D eigenvalue weighted by molar-refractivity contribution is 7.10. The Hall–Kier alpha value is -3.78. The van der Waals surface area contributed by atoms with E-state index in [1.54, 1.807) is 49.6 Å². The number of ether oxygens (including phenoxy) is 2. The van der Waals surface area contributed by atoms with Gasteiger partial charge in [0.1, 0.15) is 29.9 Å². The summed E-state index contributed by atoms with van der Waals surface area (Å²) in [6, 6.07) is 15.2. The third-order valence-corrected chi connectivity index (χ3v) is 6.84. The Labute approximate surface area is 195 Å². The van der Waals surface area contributed by atoms with Gasteiger partial charge in [0.2, 0.25) is 0 Å². The van der Waals surface area contributed by atoms with E-state index in [1.807, 2.05) is 29.5 Å². The molecule has 1 amide bonds. The van der Waals surface area contributed by atoms with Crippen LogP contribution in [0.5, 0.6) is 11.5 Å². The zero-order valence-electron chi connectivity index (χ0n) is 18.1. The minimum atomic E-state index is -0.748. The Morgan fingerprint density at radius 3 is 2.76 bits per heavy atom. The molecule has 33 heavy (non-hydrogen) atoms. The van der Waals surface area contributed by atoms with Gasteiger partial charge in [0, 0.05) is 29.2 Å². The first-order valence-electron chi connectivity index (χ1n) is 10.5. The topological polar surface area (TPSA) is 79.3 Å². The average Bonchev–Trinajstić information content (AvgIpc) is 3.45. The van der Waals surface area contributed by atoms with Crippen LogP contribution in [0.3, 0.4) is 0 Å². The fraction of sp³-hybridized carbons (Fsp3) is 0.200. The molecule has 1 N–H and O–H groups in total. The third-order valence-electron chi connectivity index (χ3n) is 5.92. The summed E-state index contributed by atoms with van der Waals surface area (Å²) in [5, 5.41) is 13.2. The van der Waals surface area contributed by atoms with Crippen molar-refractivity contribution in [3.63, 3.8) is 0 Å². The Morgan fingerprint density at radius 2 is 2.00 bits per heavy atom. The SMILES string of the molecule is COc1cccc(N2C(=O)C(=O)/C(=C(\O)c3ccc4c(c3)N(C)CCO4)C2c2cccs2)c1. The lowest BCUT2D eigenvalue weighted by molar-refractivity contribution is -0.132. The van der Waals surface area contributed by atoms with E-state index in [1.165, 1.54) is 16.2 Å². The number of carbonyl (C=O) groups is 2. The molecule has 0 spiro atoms. The second kappa shape index (κ2) is 8.29. The normalized spacial score (nSPS) is 19.4. The van der Waals surface area contributed by atoms with E-state index in [0.717, 1.165) is 10.6 Å². The minimum Gasteiger partial charge on any atom is -0.507 e. The molecule has 1 saturated heterocycles. The zero-order valence-corrected chi connectivity index (χ0v) is 19.0.